The van der Waals surface area contributed by atoms with Crippen molar-refractivity contribution in [3.63, 3.8) is 0 Å². The van der Waals surface area contributed by atoms with Gasteiger partial charge in [0.25, 0.3) is 5.91 Å². The Labute approximate surface area is 177 Å². The summed E-state index contributed by atoms with van der Waals surface area (Å²) in [6, 6.07) is 21.1. The van der Waals surface area contributed by atoms with Gasteiger partial charge in [0.1, 0.15) is 11.8 Å². The second-order valence-corrected chi connectivity index (χ2v) is 7.31. The van der Waals surface area contributed by atoms with Crippen LogP contribution >= 0.6 is 0 Å². The fourth-order valence-electron chi connectivity index (χ4n) is 3.64. The Bertz CT molecular complexity index is 1030. The summed E-state index contributed by atoms with van der Waals surface area (Å²) in [5.41, 5.74) is 2.09. The van der Waals surface area contributed by atoms with Gasteiger partial charge in [0.05, 0.1) is 0 Å². The summed E-state index contributed by atoms with van der Waals surface area (Å²) < 4.78 is 5.91. The second-order valence-electron chi connectivity index (χ2n) is 7.31. The second kappa shape index (κ2) is 9.92. The lowest BCUT2D eigenvalue weighted by atomic mass is 10.1. The van der Waals surface area contributed by atoms with Crippen molar-refractivity contribution in [1.29, 1.82) is 0 Å². The fraction of sp³-hybridized carbons (Fsp3) is 0.280. The molecule has 3 aromatic carbocycles. The molecule has 0 aliphatic heterocycles. The number of carbonyl (C=O) groups excluding carboxylic acids is 2. The molecule has 0 heterocycles. The zero-order valence-electron chi connectivity index (χ0n) is 17.7. The maximum atomic E-state index is 13.2. The van der Waals surface area contributed by atoms with Gasteiger partial charge in [0.2, 0.25) is 5.91 Å². The predicted molar refractivity (Wildman–Crippen MR) is 119 cm³/mol. The van der Waals surface area contributed by atoms with E-state index >= 15 is 0 Å². The van der Waals surface area contributed by atoms with Gasteiger partial charge in [0, 0.05) is 19.0 Å². The Hall–Kier alpha value is -3.34. The van der Waals surface area contributed by atoms with Crippen molar-refractivity contribution in [3.05, 3.63) is 77.9 Å². The average molecular weight is 405 g/mol. The molecule has 1 N–H and O–H groups in total. The van der Waals surface area contributed by atoms with E-state index in [1.165, 1.54) is 0 Å². The molecule has 1 atom stereocenters. The van der Waals surface area contributed by atoms with Crippen molar-refractivity contribution >= 4 is 22.6 Å². The molecule has 0 aliphatic carbocycles. The van der Waals surface area contributed by atoms with Crippen LogP contribution in [-0.4, -0.2) is 36.4 Å². The molecule has 0 aromatic heterocycles. The lowest BCUT2D eigenvalue weighted by Gasteiger charge is -2.30. The highest BCUT2D eigenvalue weighted by Gasteiger charge is 2.28. The number of ether oxygens (including phenoxy) is 1. The van der Waals surface area contributed by atoms with Gasteiger partial charge in [0.15, 0.2) is 6.61 Å². The van der Waals surface area contributed by atoms with Crippen molar-refractivity contribution in [1.82, 2.24) is 10.2 Å². The van der Waals surface area contributed by atoms with Crippen LogP contribution in [-0.2, 0) is 16.1 Å². The van der Waals surface area contributed by atoms with Crippen molar-refractivity contribution in [2.75, 3.05) is 13.7 Å². The number of hydrogen-bond donors (Lipinski definition) is 1. The van der Waals surface area contributed by atoms with Crippen LogP contribution in [0.3, 0.4) is 0 Å². The van der Waals surface area contributed by atoms with E-state index in [1.54, 1.807) is 11.9 Å². The first-order valence-corrected chi connectivity index (χ1v) is 10.2. The van der Waals surface area contributed by atoms with Crippen LogP contribution in [0.15, 0.2) is 66.7 Å². The summed E-state index contributed by atoms with van der Waals surface area (Å²) in [7, 11) is 1.59. The van der Waals surface area contributed by atoms with Crippen LogP contribution in [0.5, 0.6) is 5.75 Å². The average Bonchev–Trinajstić information content (AvgIpc) is 2.77. The third-order valence-electron chi connectivity index (χ3n) is 5.17. The molecule has 0 saturated heterocycles. The highest BCUT2D eigenvalue weighted by atomic mass is 16.5. The third kappa shape index (κ3) is 4.98. The third-order valence-corrected chi connectivity index (χ3v) is 5.17. The first kappa shape index (κ1) is 21.4. The number of rotatable bonds is 8. The molecule has 1 unspecified atom stereocenters. The summed E-state index contributed by atoms with van der Waals surface area (Å²) in [6.07, 6.45) is 0.519. The smallest absolute Gasteiger partial charge is 0.261 e. The zero-order chi connectivity index (χ0) is 21.5. The monoisotopic (exact) mass is 404 g/mol. The van der Waals surface area contributed by atoms with E-state index in [4.69, 9.17) is 4.74 Å². The van der Waals surface area contributed by atoms with E-state index < -0.39 is 6.04 Å². The normalized spacial score (nSPS) is 11.7. The standard InChI is InChI=1S/C25H28N2O3/c1-4-22(25(29)26-3)27(16-19-10-7-9-18(2)15-19)24(28)17-30-23-14-8-12-20-11-5-6-13-21(20)23/h5-15,22H,4,16-17H2,1-3H3,(H,26,29). The number of nitrogens with zero attached hydrogens (tertiary/aromatic N) is 1. The number of nitrogens with one attached hydrogen (secondary N) is 1. The molecule has 156 valence electrons. The molecule has 0 aliphatic rings. The summed E-state index contributed by atoms with van der Waals surface area (Å²) in [5.74, 6) is 0.258. The summed E-state index contributed by atoms with van der Waals surface area (Å²) in [4.78, 5) is 27.2. The number of benzene rings is 3. The van der Waals surface area contributed by atoms with Gasteiger partial charge in [-0.2, -0.15) is 0 Å². The molecule has 0 bridgehead atoms. The lowest BCUT2D eigenvalue weighted by Crippen LogP contribution is -2.49. The zero-order valence-corrected chi connectivity index (χ0v) is 17.7. The highest BCUT2D eigenvalue weighted by Crippen LogP contribution is 2.25. The van der Waals surface area contributed by atoms with Crippen molar-refractivity contribution in [2.24, 2.45) is 0 Å². The SMILES string of the molecule is CCC(C(=O)NC)N(Cc1cccc(C)c1)C(=O)COc1cccc2ccccc12. The van der Waals surface area contributed by atoms with E-state index in [9.17, 15) is 9.59 Å². The quantitative estimate of drug-likeness (QED) is 0.615. The largest absolute Gasteiger partial charge is 0.483 e. The molecule has 0 saturated carbocycles. The van der Waals surface area contributed by atoms with Gasteiger partial charge in [-0.15, -0.1) is 0 Å². The summed E-state index contributed by atoms with van der Waals surface area (Å²) >= 11 is 0. The van der Waals surface area contributed by atoms with Gasteiger partial charge >= 0.3 is 0 Å². The van der Waals surface area contributed by atoms with Crippen LogP contribution in [0.2, 0.25) is 0 Å². The molecular weight excluding hydrogens is 376 g/mol. The van der Waals surface area contributed by atoms with E-state index in [2.05, 4.69) is 5.32 Å². The Kier molecular flexibility index (Phi) is 7.07. The number of amides is 2. The minimum absolute atomic E-state index is 0.132. The van der Waals surface area contributed by atoms with Crippen molar-refractivity contribution in [2.45, 2.75) is 32.9 Å². The number of carbonyl (C=O) groups is 2. The molecule has 2 amide bonds. The minimum atomic E-state index is -0.556. The molecular formula is C25H28N2O3. The summed E-state index contributed by atoms with van der Waals surface area (Å²) in [5, 5.41) is 4.68. The number of likely N-dealkylation sites (N-methyl/N-ethyl adjacent to an activating group) is 1. The molecule has 5 heteroatoms. The van der Waals surface area contributed by atoms with E-state index in [1.807, 2.05) is 80.6 Å². The molecule has 0 spiro atoms. The van der Waals surface area contributed by atoms with Crippen LogP contribution in [0.1, 0.15) is 24.5 Å². The maximum absolute atomic E-state index is 13.2. The van der Waals surface area contributed by atoms with Crippen molar-refractivity contribution in [3.8, 4) is 5.75 Å². The van der Waals surface area contributed by atoms with Crippen molar-refractivity contribution < 1.29 is 14.3 Å². The Balaban J connectivity index is 1.82. The Morgan fingerprint density at radius 3 is 2.50 bits per heavy atom. The van der Waals surface area contributed by atoms with E-state index in [-0.39, 0.29) is 18.4 Å². The highest BCUT2D eigenvalue weighted by molar-refractivity contribution is 5.90. The lowest BCUT2D eigenvalue weighted by molar-refractivity contribution is -0.142. The molecule has 30 heavy (non-hydrogen) atoms. The van der Waals surface area contributed by atoms with Gasteiger partial charge in [-0.05, 0) is 30.4 Å². The number of aryl methyl sites for hydroxylation is 1. The molecule has 0 fully saturated rings. The first-order chi connectivity index (χ1) is 14.5. The summed E-state index contributed by atoms with van der Waals surface area (Å²) in [6.45, 7) is 4.13. The molecule has 3 aromatic rings. The van der Waals surface area contributed by atoms with Crippen LogP contribution in [0, 0.1) is 6.92 Å². The van der Waals surface area contributed by atoms with Crippen LogP contribution in [0.25, 0.3) is 10.8 Å². The van der Waals surface area contributed by atoms with Gasteiger partial charge in [-0.25, -0.2) is 0 Å². The van der Waals surface area contributed by atoms with E-state index in [0.29, 0.717) is 18.7 Å². The Morgan fingerprint density at radius 1 is 1.03 bits per heavy atom. The number of fused-ring (bicyclic) bond motifs is 1. The minimum Gasteiger partial charge on any atom is -0.483 e. The number of hydrogen-bond acceptors (Lipinski definition) is 3. The van der Waals surface area contributed by atoms with Gasteiger partial charge < -0.3 is 15.0 Å². The van der Waals surface area contributed by atoms with Gasteiger partial charge in [-0.1, -0.05) is 73.2 Å². The van der Waals surface area contributed by atoms with E-state index in [0.717, 1.165) is 21.9 Å². The van der Waals surface area contributed by atoms with Gasteiger partial charge in [-0.3, -0.25) is 9.59 Å². The first-order valence-electron chi connectivity index (χ1n) is 10.2. The topological polar surface area (TPSA) is 58.6 Å². The predicted octanol–water partition coefficient (Wildman–Crippen LogP) is 4.08. The molecule has 0 radical (unpaired) electrons. The molecule has 3 rings (SSSR count). The fourth-order valence-corrected chi connectivity index (χ4v) is 3.64. The van der Waals surface area contributed by atoms with Crippen LogP contribution in [0.4, 0.5) is 0 Å². The van der Waals surface area contributed by atoms with Crippen LogP contribution < -0.4 is 10.1 Å². The molecule has 5 nitrogen and oxygen atoms in total. The maximum Gasteiger partial charge on any atom is 0.261 e. The Morgan fingerprint density at radius 2 is 1.77 bits per heavy atom.